The number of rotatable bonds is 6. The molecule has 29 heavy (non-hydrogen) atoms. The summed E-state index contributed by atoms with van der Waals surface area (Å²) in [4.78, 5) is 19.1. The highest BCUT2D eigenvalue weighted by atomic mass is 32.2. The molecule has 1 heterocycles. The summed E-state index contributed by atoms with van der Waals surface area (Å²) in [6.07, 6.45) is 0.861. The summed E-state index contributed by atoms with van der Waals surface area (Å²) in [5.41, 5.74) is 0.980. The first-order valence-electron chi connectivity index (χ1n) is 9.02. The Bertz CT molecular complexity index is 955. The van der Waals surface area contributed by atoms with Crippen molar-refractivity contribution < 1.29 is 19.0 Å². The Morgan fingerprint density at radius 1 is 1.21 bits per heavy atom. The van der Waals surface area contributed by atoms with Crippen LogP contribution in [0.4, 0.5) is 5.69 Å². The first-order chi connectivity index (χ1) is 14.2. The number of nitriles is 1. The Labute approximate surface area is 173 Å². The number of aliphatic imine (C=N–C) groups is 1. The fraction of sp³-hybridized carbons (Fsp3) is 0.286. The minimum absolute atomic E-state index is 0.173. The third-order valence-electron chi connectivity index (χ3n) is 4.25. The number of nitrogens with zero attached hydrogens (tertiary/aromatic N) is 3. The Hall–Kier alpha value is -3.18. The number of para-hydroxylation sites is 1. The summed E-state index contributed by atoms with van der Waals surface area (Å²) in [5.74, 6) is 2.29. The second-order valence-corrected chi connectivity index (χ2v) is 7.14. The van der Waals surface area contributed by atoms with Gasteiger partial charge in [0.15, 0.2) is 11.8 Å². The summed E-state index contributed by atoms with van der Waals surface area (Å²) in [6, 6.07) is 14.2. The second-order valence-electron chi connectivity index (χ2n) is 6.08. The first kappa shape index (κ1) is 20.6. The van der Waals surface area contributed by atoms with Crippen LogP contribution in [0.1, 0.15) is 12.0 Å². The molecule has 2 aromatic carbocycles. The first-order valence-corrected chi connectivity index (χ1v) is 10.0. The van der Waals surface area contributed by atoms with Gasteiger partial charge in [0, 0.05) is 18.4 Å². The monoisotopic (exact) mass is 411 g/mol. The van der Waals surface area contributed by atoms with Gasteiger partial charge in [-0.15, -0.1) is 0 Å². The minimum Gasteiger partial charge on any atom is -0.497 e. The fourth-order valence-corrected chi connectivity index (χ4v) is 3.74. The number of carbonyl (C=O) groups is 1. The SMILES string of the molecule is COc1ccc(OC)c(N=C2SCCCN2C(=O)COc2ccccc2C#N)c1. The Morgan fingerprint density at radius 3 is 2.79 bits per heavy atom. The van der Waals surface area contributed by atoms with Crippen LogP contribution in [-0.2, 0) is 4.79 Å². The van der Waals surface area contributed by atoms with Crippen molar-refractivity contribution in [3.63, 3.8) is 0 Å². The average Bonchev–Trinajstić information content (AvgIpc) is 2.77. The zero-order chi connectivity index (χ0) is 20.6. The molecule has 0 N–H and O–H groups in total. The lowest BCUT2D eigenvalue weighted by Crippen LogP contribution is -2.41. The lowest BCUT2D eigenvalue weighted by Gasteiger charge is -2.28. The molecule has 1 amide bonds. The molecule has 1 aliphatic heterocycles. The van der Waals surface area contributed by atoms with Crippen molar-refractivity contribution in [1.29, 1.82) is 5.26 Å². The van der Waals surface area contributed by atoms with Crippen LogP contribution in [0.3, 0.4) is 0 Å². The molecule has 0 aromatic heterocycles. The molecule has 1 aliphatic rings. The predicted molar refractivity (Wildman–Crippen MR) is 112 cm³/mol. The Morgan fingerprint density at radius 2 is 2.03 bits per heavy atom. The van der Waals surface area contributed by atoms with Crippen molar-refractivity contribution in [3.8, 4) is 23.3 Å². The number of methoxy groups -OCH3 is 2. The molecule has 1 saturated heterocycles. The maximum Gasteiger partial charge on any atom is 0.266 e. The van der Waals surface area contributed by atoms with E-state index in [1.165, 1.54) is 11.8 Å². The fourth-order valence-electron chi connectivity index (χ4n) is 2.77. The largest absolute Gasteiger partial charge is 0.497 e. The lowest BCUT2D eigenvalue weighted by atomic mass is 10.2. The standard InChI is InChI=1S/C21H21N3O4S/c1-26-16-8-9-19(27-2)17(12-16)23-21-24(10-5-11-29-21)20(25)14-28-18-7-4-3-6-15(18)13-22/h3-4,6-9,12H,5,10-11,14H2,1-2H3. The number of hydrogen-bond donors (Lipinski definition) is 0. The summed E-state index contributed by atoms with van der Waals surface area (Å²) in [5, 5.41) is 9.75. The van der Waals surface area contributed by atoms with E-state index in [0.29, 0.717) is 40.2 Å². The van der Waals surface area contributed by atoms with Crippen LogP contribution in [-0.4, -0.2) is 49.1 Å². The van der Waals surface area contributed by atoms with Crippen molar-refractivity contribution in [2.75, 3.05) is 33.1 Å². The van der Waals surface area contributed by atoms with Gasteiger partial charge >= 0.3 is 0 Å². The van der Waals surface area contributed by atoms with Crippen molar-refractivity contribution in [3.05, 3.63) is 48.0 Å². The van der Waals surface area contributed by atoms with Crippen LogP contribution in [0.15, 0.2) is 47.5 Å². The number of amidine groups is 1. The van der Waals surface area contributed by atoms with Gasteiger partial charge in [0.2, 0.25) is 0 Å². The number of hydrogen-bond acceptors (Lipinski definition) is 7. The molecule has 0 radical (unpaired) electrons. The summed E-state index contributed by atoms with van der Waals surface area (Å²) in [7, 11) is 3.16. The second kappa shape index (κ2) is 9.85. The molecule has 0 unspecified atom stereocenters. The van der Waals surface area contributed by atoms with Crippen LogP contribution < -0.4 is 14.2 Å². The van der Waals surface area contributed by atoms with Gasteiger partial charge in [-0.2, -0.15) is 5.26 Å². The van der Waals surface area contributed by atoms with E-state index in [-0.39, 0.29) is 12.5 Å². The highest BCUT2D eigenvalue weighted by Crippen LogP contribution is 2.33. The van der Waals surface area contributed by atoms with E-state index in [4.69, 9.17) is 19.5 Å². The minimum atomic E-state index is -0.217. The summed E-state index contributed by atoms with van der Waals surface area (Å²) >= 11 is 1.51. The van der Waals surface area contributed by atoms with E-state index >= 15 is 0 Å². The van der Waals surface area contributed by atoms with Gasteiger partial charge in [-0.1, -0.05) is 23.9 Å². The van der Waals surface area contributed by atoms with Crippen molar-refractivity contribution >= 4 is 28.5 Å². The van der Waals surface area contributed by atoms with Crippen LogP contribution in [0, 0.1) is 11.3 Å². The van der Waals surface area contributed by atoms with Gasteiger partial charge < -0.3 is 14.2 Å². The summed E-state index contributed by atoms with van der Waals surface area (Å²) < 4.78 is 16.3. The van der Waals surface area contributed by atoms with Crippen LogP contribution in [0.5, 0.6) is 17.2 Å². The van der Waals surface area contributed by atoms with E-state index in [0.717, 1.165) is 12.2 Å². The highest BCUT2D eigenvalue weighted by molar-refractivity contribution is 8.13. The van der Waals surface area contributed by atoms with Gasteiger partial charge in [-0.25, -0.2) is 4.99 Å². The van der Waals surface area contributed by atoms with Gasteiger partial charge in [0.05, 0.1) is 19.8 Å². The molecule has 150 valence electrons. The van der Waals surface area contributed by atoms with Gasteiger partial charge in [0.25, 0.3) is 5.91 Å². The molecule has 0 aliphatic carbocycles. The van der Waals surface area contributed by atoms with Crippen molar-refractivity contribution in [2.24, 2.45) is 4.99 Å². The molecular weight excluding hydrogens is 390 g/mol. The smallest absolute Gasteiger partial charge is 0.266 e. The summed E-state index contributed by atoms with van der Waals surface area (Å²) in [6.45, 7) is 0.383. The number of thioether (sulfide) groups is 1. The van der Waals surface area contributed by atoms with Gasteiger partial charge in [-0.3, -0.25) is 9.69 Å². The molecule has 8 heteroatoms. The Kier molecular flexibility index (Phi) is 6.98. The Balaban J connectivity index is 1.80. The van der Waals surface area contributed by atoms with Crippen LogP contribution in [0.2, 0.25) is 0 Å². The molecule has 1 fully saturated rings. The average molecular weight is 411 g/mol. The number of benzene rings is 2. The van der Waals surface area contributed by atoms with E-state index in [1.807, 2.05) is 0 Å². The van der Waals surface area contributed by atoms with Crippen LogP contribution in [0.25, 0.3) is 0 Å². The molecule has 3 rings (SSSR count). The number of amides is 1. The molecule has 0 atom stereocenters. The topological polar surface area (TPSA) is 84.2 Å². The zero-order valence-corrected chi connectivity index (χ0v) is 17.1. The maximum absolute atomic E-state index is 12.8. The predicted octanol–water partition coefficient (Wildman–Crippen LogP) is 3.61. The van der Waals surface area contributed by atoms with Crippen molar-refractivity contribution in [1.82, 2.24) is 4.90 Å². The molecule has 7 nitrogen and oxygen atoms in total. The zero-order valence-electron chi connectivity index (χ0n) is 16.3. The van der Waals surface area contributed by atoms with Crippen molar-refractivity contribution in [2.45, 2.75) is 6.42 Å². The van der Waals surface area contributed by atoms with Gasteiger partial charge in [0.1, 0.15) is 29.0 Å². The lowest BCUT2D eigenvalue weighted by molar-refractivity contribution is -0.129. The van der Waals surface area contributed by atoms with Crippen LogP contribution >= 0.6 is 11.8 Å². The maximum atomic E-state index is 12.8. The molecule has 0 saturated carbocycles. The van der Waals surface area contributed by atoms with E-state index in [2.05, 4.69) is 11.1 Å². The normalized spacial score (nSPS) is 14.9. The third kappa shape index (κ3) is 5.00. The van der Waals surface area contributed by atoms with E-state index in [1.54, 1.807) is 61.6 Å². The van der Waals surface area contributed by atoms with E-state index < -0.39 is 0 Å². The molecule has 0 spiro atoms. The molecule has 0 bridgehead atoms. The molecule has 2 aromatic rings. The third-order valence-corrected chi connectivity index (χ3v) is 5.31. The quantitative estimate of drug-likeness (QED) is 0.722. The van der Waals surface area contributed by atoms with E-state index in [9.17, 15) is 4.79 Å². The number of carbonyl (C=O) groups excluding carboxylic acids is 1. The number of ether oxygens (including phenoxy) is 3. The highest BCUT2D eigenvalue weighted by Gasteiger charge is 2.25. The van der Waals surface area contributed by atoms with Gasteiger partial charge in [-0.05, 0) is 30.7 Å². The molecular formula is C21H21N3O4S.